The molecule has 4 fully saturated rings. The maximum Gasteiger partial charge on any atom is 0.310 e. The molecule has 0 aromatic heterocycles. The van der Waals surface area contributed by atoms with Crippen LogP contribution in [0.3, 0.4) is 0 Å². The van der Waals surface area contributed by atoms with Crippen LogP contribution in [0.15, 0.2) is 24.3 Å². The number of hydrogen-bond donors (Lipinski definition) is 0. The third kappa shape index (κ3) is 4.39. The van der Waals surface area contributed by atoms with E-state index < -0.39 is 10.9 Å². The molecule has 0 radical (unpaired) electrons. The first-order valence-electron chi connectivity index (χ1n) is 14.0. The summed E-state index contributed by atoms with van der Waals surface area (Å²) in [6.45, 7) is 7.20. The van der Waals surface area contributed by atoms with E-state index in [-0.39, 0.29) is 35.8 Å². The van der Waals surface area contributed by atoms with Gasteiger partial charge in [-0.05, 0) is 97.3 Å². The lowest BCUT2D eigenvalue weighted by atomic mass is 9.44. The van der Waals surface area contributed by atoms with E-state index in [1.54, 1.807) is 12.1 Å². The van der Waals surface area contributed by atoms with Crippen LogP contribution >= 0.6 is 0 Å². The van der Waals surface area contributed by atoms with Crippen molar-refractivity contribution in [2.75, 3.05) is 6.61 Å². The number of carbonyl (C=O) groups excluding carboxylic acids is 2. The molecule has 0 bridgehead atoms. The Morgan fingerprint density at radius 2 is 1.67 bits per heavy atom. The van der Waals surface area contributed by atoms with Crippen molar-refractivity contribution >= 4 is 17.4 Å². The van der Waals surface area contributed by atoms with Crippen LogP contribution in [0.25, 0.3) is 0 Å². The fourth-order valence-electron chi connectivity index (χ4n) is 9.21. The summed E-state index contributed by atoms with van der Waals surface area (Å²) in [5.41, 5.74) is 1.13. The molecule has 5 rings (SSSR count). The van der Waals surface area contributed by atoms with Crippen LogP contribution in [-0.4, -0.2) is 23.3 Å². The lowest BCUT2D eigenvalue weighted by Crippen LogP contribution is -2.53. The highest BCUT2D eigenvalue weighted by Crippen LogP contribution is 2.67. The Hall–Kier alpha value is -2.24. The normalized spacial score (nSPS) is 39.4. The fourth-order valence-corrected chi connectivity index (χ4v) is 9.21. The number of carbonyl (C=O) groups is 2. The summed E-state index contributed by atoms with van der Waals surface area (Å²) in [4.78, 5) is 36.0. The van der Waals surface area contributed by atoms with Gasteiger partial charge >= 0.3 is 5.97 Å². The molecule has 8 atom stereocenters. The number of nitro groups is 1. The summed E-state index contributed by atoms with van der Waals surface area (Å²) in [5.74, 6) is 3.48. The highest BCUT2D eigenvalue weighted by atomic mass is 16.6. The average Bonchev–Trinajstić information content (AvgIpc) is 3.20. The van der Waals surface area contributed by atoms with Crippen LogP contribution in [0.1, 0.15) is 84.1 Å². The number of benzene rings is 1. The first-order valence-corrected chi connectivity index (χ1v) is 14.0. The van der Waals surface area contributed by atoms with E-state index in [0.29, 0.717) is 16.9 Å². The van der Waals surface area contributed by atoms with Crippen LogP contribution in [0.5, 0.6) is 0 Å². The van der Waals surface area contributed by atoms with Crippen LogP contribution < -0.4 is 0 Å². The molecule has 6 heteroatoms. The highest BCUT2D eigenvalue weighted by molar-refractivity contribution is 5.85. The summed E-state index contributed by atoms with van der Waals surface area (Å²) in [7, 11) is 0. The molecule has 4 aliphatic rings. The van der Waals surface area contributed by atoms with E-state index in [1.165, 1.54) is 50.7 Å². The number of nitrogens with zero attached hydrogens (tertiary/aromatic N) is 1. The standard InChI is InChI=1S/C30H41NO5/c1-19-12-14-29(2)21(16-19)6-9-23-24-10-11-26(30(24,3)15-13-25(23)29)27(32)18-36-28(33)17-20-4-7-22(8-5-20)31(34)35/h4-5,7-8,19,21,23-26H,6,9-18H2,1-3H3. The summed E-state index contributed by atoms with van der Waals surface area (Å²) in [6, 6.07) is 5.88. The van der Waals surface area contributed by atoms with Crippen molar-refractivity contribution in [3.63, 3.8) is 0 Å². The summed E-state index contributed by atoms with van der Waals surface area (Å²) >= 11 is 0. The van der Waals surface area contributed by atoms with Crippen LogP contribution in [0.4, 0.5) is 5.69 Å². The van der Waals surface area contributed by atoms with E-state index in [4.69, 9.17) is 4.74 Å². The number of non-ortho nitro benzene ring substituents is 1. The van der Waals surface area contributed by atoms with Crippen molar-refractivity contribution in [3.8, 4) is 0 Å². The third-order valence-electron chi connectivity index (χ3n) is 11.2. The van der Waals surface area contributed by atoms with E-state index in [0.717, 1.165) is 42.9 Å². The zero-order valence-corrected chi connectivity index (χ0v) is 22.0. The smallest absolute Gasteiger partial charge is 0.310 e. The molecule has 6 nitrogen and oxygen atoms in total. The van der Waals surface area contributed by atoms with Gasteiger partial charge in [0.1, 0.15) is 6.61 Å². The predicted molar refractivity (Wildman–Crippen MR) is 137 cm³/mol. The summed E-state index contributed by atoms with van der Waals surface area (Å²) in [6.07, 6.45) is 11.2. The predicted octanol–water partition coefficient (Wildman–Crippen LogP) is 6.54. The Kier molecular flexibility index (Phi) is 6.76. The quantitative estimate of drug-likeness (QED) is 0.254. The van der Waals surface area contributed by atoms with Gasteiger partial charge in [0.25, 0.3) is 5.69 Å². The Bertz CT molecular complexity index is 1020. The van der Waals surface area contributed by atoms with Crippen molar-refractivity contribution in [1.82, 2.24) is 0 Å². The fraction of sp³-hybridized carbons (Fsp3) is 0.733. The molecule has 196 valence electrons. The Morgan fingerprint density at radius 1 is 0.972 bits per heavy atom. The number of ether oxygens (including phenoxy) is 1. The number of hydrogen-bond acceptors (Lipinski definition) is 5. The molecule has 0 amide bonds. The van der Waals surface area contributed by atoms with Gasteiger partial charge in [-0.25, -0.2) is 0 Å². The van der Waals surface area contributed by atoms with E-state index in [2.05, 4.69) is 20.8 Å². The topological polar surface area (TPSA) is 86.5 Å². The van der Waals surface area contributed by atoms with Gasteiger partial charge in [-0.3, -0.25) is 19.7 Å². The molecule has 0 N–H and O–H groups in total. The van der Waals surface area contributed by atoms with Gasteiger partial charge in [-0.2, -0.15) is 0 Å². The van der Waals surface area contributed by atoms with E-state index >= 15 is 0 Å². The van der Waals surface area contributed by atoms with Crippen LogP contribution in [0, 0.1) is 56.5 Å². The SMILES string of the molecule is CC1CCC2(C)C(CCC3C2CCC2(C)C(C(=O)COC(=O)Cc4ccc([N+](=O)[O-])cc4)CCC32)C1. The van der Waals surface area contributed by atoms with Crippen molar-refractivity contribution in [1.29, 1.82) is 0 Å². The molecule has 0 heterocycles. The number of fused-ring (bicyclic) bond motifs is 5. The highest BCUT2D eigenvalue weighted by Gasteiger charge is 2.61. The zero-order chi connectivity index (χ0) is 25.7. The van der Waals surface area contributed by atoms with Crippen molar-refractivity contribution in [2.24, 2.45) is 46.3 Å². The number of Topliss-reactive ketones (excluding diaryl/α,β-unsaturated/α-hetero) is 1. The molecule has 0 spiro atoms. The number of esters is 1. The maximum absolute atomic E-state index is 13.3. The van der Waals surface area contributed by atoms with Gasteiger partial charge in [-0.15, -0.1) is 0 Å². The van der Waals surface area contributed by atoms with Gasteiger partial charge in [0, 0.05) is 18.1 Å². The largest absolute Gasteiger partial charge is 0.457 e. The molecule has 1 aromatic carbocycles. The lowest BCUT2D eigenvalue weighted by Gasteiger charge is -2.61. The van der Waals surface area contributed by atoms with E-state index in [1.807, 2.05) is 0 Å². The van der Waals surface area contributed by atoms with E-state index in [9.17, 15) is 19.7 Å². The second-order valence-corrected chi connectivity index (χ2v) is 12.9. The molecule has 1 aromatic rings. The molecular weight excluding hydrogens is 454 g/mol. The third-order valence-corrected chi connectivity index (χ3v) is 11.2. The Morgan fingerprint density at radius 3 is 2.39 bits per heavy atom. The van der Waals surface area contributed by atoms with Gasteiger partial charge in [0.2, 0.25) is 0 Å². The van der Waals surface area contributed by atoms with Gasteiger partial charge in [-0.1, -0.05) is 39.3 Å². The van der Waals surface area contributed by atoms with Gasteiger partial charge < -0.3 is 4.74 Å². The number of ketones is 1. The number of nitro benzene ring substituents is 1. The molecule has 8 unspecified atom stereocenters. The molecular formula is C30H41NO5. The first kappa shape index (κ1) is 25.4. The molecule has 0 saturated heterocycles. The average molecular weight is 496 g/mol. The van der Waals surface area contributed by atoms with Crippen molar-refractivity contribution in [3.05, 3.63) is 39.9 Å². The Balaban J connectivity index is 1.19. The van der Waals surface area contributed by atoms with Crippen molar-refractivity contribution < 1.29 is 19.2 Å². The van der Waals surface area contributed by atoms with Crippen LogP contribution in [0.2, 0.25) is 0 Å². The summed E-state index contributed by atoms with van der Waals surface area (Å²) in [5, 5.41) is 10.8. The molecule has 0 aliphatic heterocycles. The molecule has 4 aliphatic carbocycles. The summed E-state index contributed by atoms with van der Waals surface area (Å²) < 4.78 is 5.40. The second kappa shape index (κ2) is 9.57. The Labute approximate surface area is 214 Å². The zero-order valence-electron chi connectivity index (χ0n) is 22.0. The minimum atomic E-state index is -0.467. The molecule has 36 heavy (non-hydrogen) atoms. The van der Waals surface area contributed by atoms with Gasteiger partial charge in [0.15, 0.2) is 5.78 Å². The lowest BCUT2D eigenvalue weighted by molar-refractivity contribution is -0.384. The minimum Gasteiger partial charge on any atom is -0.457 e. The van der Waals surface area contributed by atoms with Crippen molar-refractivity contribution in [2.45, 2.75) is 85.0 Å². The van der Waals surface area contributed by atoms with Gasteiger partial charge in [0.05, 0.1) is 11.3 Å². The first-order chi connectivity index (χ1) is 17.1. The monoisotopic (exact) mass is 495 g/mol. The second-order valence-electron chi connectivity index (χ2n) is 12.9. The van der Waals surface area contributed by atoms with Crippen LogP contribution in [-0.2, 0) is 20.7 Å². The number of rotatable bonds is 6. The molecule has 4 saturated carbocycles. The maximum atomic E-state index is 13.3. The minimum absolute atomic E-state index is 0.0119.